The van der Waals surface area contributed by atoms with Crippen LogP contribution in [-0.2, 0) is 0 Å². The van der Waals surface area contributed by atoms with Crippen LogP contribution in [0.4, 0.5) is 13.2 Å². The Bertz CT molecular complexity index is 190. The Morgan fingerprint density at radius 3 is 2.31 bits per heavy atom. The van der Waals surface area contributed by atoms with Crippen molar-refractivity contribution in [2.45, 2.75) is 37.3 Å². The van der Waals surface area contributed by atoms with E-state index in [2.05, 4.69) is 0 Å². The summed E-state index contributed by atoms with van der Waals surface area (Å²) < 4.78 is 36.1. The fraction of sp³-hybridized carbons (Fsp3) is 1.00. The van der Waals surface area contributed by atoms with Gasteiger partial charge < -0.3 is 5.11 Å². The zero-order valence-corrected chi connectivity index (χ0v) is 8.37. The average molecular weight is 214 g/mol. The topological polar surface area (TPSA) is 20.2 Å². The van der Waals surface area contributed by atoms with E-state index in [1.807, 2.05) is 0 Å². The van der Waals surface area contributed by atoms with Gasteiger partial charge in [-0.25, -0.2) is 0 Å². The van der Waals surface area contributed by atoms with E-state index in [9.17, 15) is 13.2 Å². The molecule has 5 heteroatoms. The van der Waals surface area contributed by atoms with Gasteiger partial charge in [0.2, 0.25) is 0 Å². The zero-order valence-electron chi connectivity index (χ0n) is 7.56. The first kappa shape index (κ1) is 11.2. The van der Waals surface area contributed by atoms with Gasteiger partial charge in [-0.3, -0.25) is 0 Å². The smallest absolute Gasteiger partial charge is 0.383 e. The highest BCUT2D eigenvalue weighted by molar-refractivity contribution is 8.00. The molecule has 0 bridgehead atoms. The maximum atomic E-state index is 12.2. The van der Waals surface area contributed by atoms with Crippen LogP contribution in [0.2, 0.25) is 0 Å². The van der Waals surface area contributed by atoms with Crippen LogP contribution in [0.25, 0.3) is 0 Å². The number of thioether (sulfide) groups is 1. The number of halogens is 3. The molecule has 0 aromatic heterocycles. The molecule has 1 N–H and O–H groups in total. The van der Waals surface area contributed by atoms with Crippen molar-refractivity contribution in [2.24, 2.45) is 5.92 Å². The number of aliphatic hydroxyl groups excluding tert-OH is 1. The molecule has 1 aliphatic rings. The van der Waals surface area contributed by atoms with Crippen molar-refractivity contribution in [3.8, 4) is 0 Å². The van der Waals surface area contributed by atoms with Crippen LogP contribution in [-0.4, -0.2) is 27.9 Å². The van der Waals surface area contributed by atoms with Gasteiger partial charge in [0.05, 0.1) is 0 Å². The van der Waals surface area contributed by atoms with Crippen molar-refractivity contribution in [3.05, 3.63) is 0 Å². The van der Waals surface area contributed by atoms with Crippen molar-refractivity contribution in [3.63, 3.8) is 0 Å². The van der Waals surface area contributed by atoms with Crippen molar-refractivity contribution < 1.29 is 18.3 Å². The van der Waals surface area contributed by atoms with E-state index < -0.39 is 22.9 Å². The summed E-state index contributed by atoms with van der Waals surface area (Å²) in [5.41, 5.74) is 0. The molecular weight excluding hydrogens is 201 g/mol. The minimum atomic E-state index is -4.48. The second-order valence-electron chi connectivity index (χ2n) is 3.83. The van der Waals surface area contributed by atoms with Gasteiger partial charge in [-0.05, 0) is 12.2 Å². The van der Waals surface area contributed by atoms with Gasteiger partial charge in [-0.15, -0.1) is 0 Å². The van der Waals surface area contributed by atoms with Crippen molar-refractivity contribution in [1.82, 2.24) is 0 Å². The van der Waals surface area contributed by atoms with E-state index in [1.54, 1.807) is 13.8 Å². The second-order valence-corrected chi connectivity index (χ2v) is 5.58. The summed E-state index contributed by atoms with van der Waals surface area (Å²) in [4.78, 5) is 0. The Morgan fingerprint density at radius 2 is 2.00 bits per heavy atom. The van der Waals surface area contributed by atoms with E-state index in [4.69, 9.17) is 5.11 Å². The van der Waals surface area contributed by atoms with Crippen LogP contribution < -0.4 is 0 Å². The number of hydrogen-bond donors (Lipinski definition) is 1. The van der Waals surface area contributed by atoms with Crippen molar-refractivity contribution in [2.75, 3.05) is 5.75 Å². The van der Waals surface area contributed by atoms with Gasteiger partial charge >= 0.3 is 6.18 Å². The van der Waals surface area contributed by atoms with Crippen LogP contribution in [0.5, 0.6) is 0 Å². The Labute approximate surface area is 79.7 Å². The van der Waals surface area contributed by atoms with Gasteiger partial charge in [0, 0.05) is 10.7 Å². The molecular formula is C8H13F3OS. The third-order valence-electron chi connectivity index (χ3n) is 2.51. The van der Waals surface area contributed by atoms with Gasteiger partial charge in [-0.2, -0.15) is 24.9 Å². The fourth-order valence-electron chi connectivity index (χ4n) is 1.67. The molecule has 1 nitrogen and oxygen atoms in total. The molecule has 0 saturated carbocycles. The van der Waals surface area contributed by atoms with Crippen molar-refractivity contribution >= 4 is 11.8 Å². The molecule has 1 rings (SSSR count). The van der Waals surface area contributed by atoms with E-state index in [0.717, 1.165) is 0 Å². The molecule has 0 aromatic carbocycles. The highest BCUT2D eigenvalue weighted by Gasteiger charge is 2.50. The van der Waals surface area contributed by atoms with Crippen molar-refractivity contribution in [1.29, 1.82) is 0 Å². The van der Waals surface area contributed by atoms with Gasteiger partial charge in [-0.1, -0.05) is 13.8 Å². The fourth-order valence-corrected chi connectivity index (χ4v) is 3.03. The Hall–Kier alpha value is 0.100. The van der Waals surface area contributed by atoms with E-state index in [1.165, 1.54) is 11.8 Å². The quantitative estimate of drug-likeness (QED) is 0.723. The van der Waals surface area contributed by atoms with Gasteiger partial charge in [0.25, 0.3) is 0 Å². The Morgan fingerprint density at radius 1 is 1.46 bits per heavy atom. The first-order valence-corrected chi connectivity index (χ1v) is 5.12. The molecule has 78 valence electrons. The zero-order chi connectivity index (χ0) is 10.3. The summed E-state index contributed by atoms with van der Waals surface area (Å²) in [5, 5.41) is 9.08. The predicted octanol–water partition coefficient (Wildman–Crippen LogP) is 2.44. The average Bonchev–Trinajstić information content (AvgIpc) is 2.26. The van der Waals surface area contributed by atoms with Crippen LogP contribution in [0.3, 0.4) is 0 Å². The lowest BCUT2D eigenvalue weighted by molar-refractivity contribution is -0.221. The first-order chi connectivity index (χ1) is 5.75. The SMILES string of the molecule is CC1(C)SCCC1C(O)C(F)(F)F. The Balaban J connectivity index is 2.72. The van der Waals surface area contributed by atoms with Gasteiger partial charge in [0.15, 0.2) is 6.10 Å². The summed E-state index contributed by atoms with van der Waals surface area (Å²) in [7, 11) is 0. The van der Waals surface area contributed by atoms with Crippen LogP contribution in [0.15, 0.2) is 0 Å². The third kappa shape index (κ3) is 2.31. The normalized spacial score (nSPS) is 30.5. The monoisotopic (exact) mass is 214 g/mol. The van der Waals surface area contributed by atoms with E-state index >= 15 is 0 Å². The molecule has 1 saturated heterocycles. The molecule has 0 aromatic rings. The third-order valence-corrected chi connectivity index (χ3v) is 4.00. The number of rotatable bonds is 1. The van der Waals surface area contributed by atoms with Crippen LogP contribution >= 0.6 is 11.8 Å². The predicted molar refractivity (Wildman–Crippen MR) is 46.7 cm³/mol. The Kier molecular flexibility index (Phi) is 2.88. The number of aliphatic hydroxyl groups is 1. The van der Waals surface area contributed by atoms with E-state index in [-0.39, 0.29) is 0 Å². The second kappa shape index (κ2) is 3.35. The van der Waals surface area contributed by atoms with Crippen LogP contribution in [0.1, 0.15) is 20.3 Å². The lowest BCUT2D eigenvalue weighted by Crippen LogP contribution is -2.42. The maximum absolute atomic E-state index is 12.2. The molecule has 0 spiro atoms. The minimum absolute atomic E-state index is 0.443. The molecule has 0 aliphatic carbocycles. The summed E-state index contributed by atoms with van der Waals surface area (Å²) in [5.74, 6) is 0.0302. The molecule has 2 unspecified atom stereocenters. The molecule has 0 radical (unpaired) electrons. The standard InChI is InChI=1S/C8H13F3OS/c1-7(2)5(3-4-13-7)6(12)8(9,10)11/h5-6,12H,3-4H2,1-2H3. The maximum Gasteiger partial charge on any atom is 0.414 e. The first-order valence-electron chi connectivity index (χ1n) is 4.14. The highest BCUT2D eigenvalue weighted by Crippen LogP contribution is 2.46. The molecule has 0 amide bonds. The lowest BCUT2D eigenvalue weighted by Gasteiger charge is -2.31. The lowest BCUT2D eigenvalue weighted by atomic mass is 9.87. The molecule has 1 fully saturated rings. The molecule has 1 aliphatic heterocycles. The summed E-state index contributed by atoms with van der Waals surface area (Å²) in [6.45, 7) is 3.51. The van der Waals surface area contributed by atoms with Crippen LogP contribution in [0, 0.1) is 5.92 Å². The summed E-state index contributed by atoms with van der Waals surface area (Å²) in [6, 6.07) is 0. The van der Waals surface area contributed by atoms with E-state index in [0.29, 0.717) is 12.2 Å². The molecule has 13 heavy (non-hydrogen) atoms. The molecule has 1 heterocycles. The number of hydrogen-bond acceptors (Lipinski definition) is 2. The summed E-state index contributed by atoms with van der Waals surface area (Å²) >= 11 is 1.49. The van der Waals surface area contributed by atoms with Gasteiger partial charge in [0.1, 0.15) is 0 Å². The largest absolute Gasteiger partial charge is 0.414 e. The summed E-state index contributed by atoms with van der Waals surface area (Å²) in [6.07, 6.45) is -6.21. The molecule has 2 atom stereocenters. The minimum Gasteiger partial charge on any atom is -0.383 e. The number of alkyl halides is 3. The highest BCUT2D eigenvalue weighted by atomic mass is 32.2.